The van der Waals surface area contributed by atoms with Gasteiger partial charge in [0, 0.05) is 16.4 Å². The van der Waals surface area contributed by atoms with E-state index in [1.54, 1.807) is 12.1 Å². The predicted molar refractivity (Wildman–Crippen MR) is 133 cm³/mol. The quantitative estimate of drug-likeness (QED) is 0.424. The maximum absolute atomic E-state index is 13.3. The summed E-state index contributed by atoms with van der Waals surface area (Å²) in [5, 5.41) is 26.0. The molecule has 1 saturated heterocycles. The van der Waals surface area contributed by atoms with Gasteiger partial charge in [0.15, 0.2) is 12.2 Å². The zero-order valence-electron chi connectivity index (χ0n) is 18.9. The molecule has 3 atom stereocenters. The van der Waals surface area contributed by atoms with E-state index < -0.39 is 24.0 Å². The molecular formula is C26H26ClFN2O4S. The molecule has 184 valence electrons. The van der Waals surface area contributed by atoms with Crippen molar-refractivity contribution in [3.05, 3.63) is 92.4 Å². The minimum Gasteiger partial charge on any atom is -0.380 e. The van der Waals surface area contributed by atoms with Crippen molar-refractivity contribution < 1.29 is 24.2 Å². The van der Waals surface area contributed by atoms with Crippen molar-refractivity contribution in [3.63, 3.8) is 0 Å². The van der Waals surface area contributed by atoms with Gasteiger partial charge in [-0.25, -0.2) is 4.39 Å². The molecule has 3 N–H and O–H groups in total. The molecule has 6 nitrogen and oxygen atoms in total. The van der Waals surface area contributed by atoms with Gasteiger partial charge in [0.05, 0.1) is 12.6 Å². The summed E-state index contributed by atoms with van der Waals surface area (Å²) in [7, 11) is 0. The van der Waals surface area contributed by atoms with Crippen molar-refractivity contribution >= 4 is 34.8 Å². The number of aliphatic hydroxyl groups is 2. The molecule has 1 aliphatic rings. The van der Waals surface area contributed by atoms with Gasteiger partial charge in [0.25, 0.3) is 11.8 Å². The second-order valence-corrected chi connectivity index (χ2v) is 10.0. The summed E-state index contributed by atoms with van der Waals surface area (Å²) in [6, 6.07) is 15.1. The van der Waals surface area contributed by atoms with Gasteiger partial charge in [0.2, 0.25) is 0 Å². The van der Waals surface area contributed by atoms with Crippen LogP contribution >= 0.6 is 22.9 Å². The maximum Gasteiger partial charge on any atom is 0.255 e. The molecular weight excluding hydrogens is 491 g/mol. The summed E-state index contributed by atoms with van der Waals surface area (Å²) in [6.45, 7) is 0.551. The number of nitrogens with one attached hydrogen (secondary N) is 1. The molecule has 9 heteroatoms. The van der Waals surface area contributed by atoms with Gasteiger partial charge in [-0.1, -0.05) is 35.9 Å². The van der Waals surface area contributed by atoms with Gasteiger partial charge >= 0.3 is 0 Å². The average Bonchev–Trinajstić information content (AvgIpc) is 3.51. The summed E-state index contributed by atoms with van der Waals surface area (Å²) in [5.74, 6) is -1.92. The summed E-state index contributed by atoms with van der Waals surface area (Å²) >= 11 is 7.50. The highest BCUT2D eigenvalue weighted by molar-refractivity contribution is 7.10. The molecule has 0 aliphatic carbocycles. The number of carbonyl (C=O) groups excluding carboxylic acids is 2. The fraction of sp³-hybridized carbons (Fsp3) is 0.308. The highest BCUT2D eigenvalue weighted by Crippen LogP contribution is 2.32. The SMILES string of the molecule is O=C(NCc1cc(Cc2cccc(Cl)c2)cs1)C(O)[C@@H](O)C(=O)N1CCCC1c1ccc(F)cc1. The minimum absolute atomic E-state index is 0.166. The Kier molecular flexibility index (Phi) is 8.18. The zero-order chi connectivity index (χ0) is 24.9. The van der Waals surface area contributed by atoms with E-state index >= 15 is 0 Å². The molecule has 4 rings (SSSR count). The Morgan fingerprint density at radius 2 is 1.89 bits per heavy atom. The molecule has 0 spiro atoms. The fourth-order valence-electron chi connectivity index (χ4n) is 4.28. The monoisotopic (exact) mass is 516 g/mol. The molecule has 0 saturated carbocycles. The molecule has 2 aromatic carbocycles. The Labute approximate surface area is 212 Å². The molecule has 1 fully saturated rings. The molecule has 1 aliphatic heterocycles. The first-order chi connectivity index (χ1) is 16.8. The van der Waals surface area contributed by atoms with Crippen LogP contribution in [0.2, 0.25) is 5.02 Å². The summed E-state index contributed by atoms with van der Waals surface area (Å²) < 4.78 is 13.3. The number of hydrogen-bond acceptors (Lipinski definition) is 5. The third-order valence-electron chi connectivity index (χ3n) is 6.05. The van der Waals surface area contributed by atoms with Crippen LogP contribution in [0.3, 0.4) is 0 Å². The number of hydrogen-bond donors (Lipinski definition) is 3. The second kappa shape index (κ2) is 11.3. The highest BCUT2D eigenvalue weighted by Gasteiger charge is 2.38. The molecule has 2 heterocycles. The lowest BCUT2D eigenvalue weighted by Gasteiger charge is -2.28. The van der Waals surface area contributed by atoms with Gasteiger partial charge in [-0.05, 0) is 71.7 Å². The topological polar surface area (TPSA) is 89.9 Å². The molecule has 2 unspecified atom stereocenters. The van der Waals surface area contributed by atoms with Crippen molar-refractivity contribution in [1.29, 1.82) is 0 Å². The first kappa shape index (κ1) is 25.3. The fourth-order valence-corrected chi connectivity index (χ4v) is 5.33. The Balaban J connectivity index is 1.31. The zero-order valence-corrected chi connectivity index (χ0v) is 20.4. The maximum atomic E-state index is 13.3. The highest BCUT2D eigenvalue weighted by atomic mass is 35.5. The average molecular weight is 517 g/mol. The van der Waals surface area contributed by atoms with E-state index in [2.05, 4.69) is 5.32 Å². The van der Waals surface area contributed by atoms with E-state index in [-0.39, 0.29) is 18.4 Å². The van der Waals surface area contributed by atoms with Crippen molar-refractivity contribution in [2.24, 2.45) is 0 Å². The van der Waals surface area contributed by atoms with Crippen LogP contribution in [-0.4, -0.2) is 45.7 Å². The summed E-state index contributed by atoms with van der Waals surface area (Å²) in [5.41, 5.74) is 2.89. The lowest BCUT2D eigenvalue weighted by atomic mass is 10.0. The number of thiophene rings is 1. The van der Waals surface area contributed by atoms with Gasteiger partial charge in [-0.2, -0.15) is 0 Å². The Bertz CT molecular complexity index is 1190. The molecule has 0 bridgehead atoms. The number of halogens is 2. The Morgan fingerprint density at radius 3 is 2.63 bits per heavy atom. The van der Waals surface area contributed by atoms with E-state index in [1.807, 2.05) is 35.7 Å². The summed E-state index contributed by atoms with van der Waals surface area (Å²) in [6.07, 6.45) is -1.73. The van der Waals surface area contributed by atoms with E-state index in [9.17, 15) is 24.2 Å². The smallest absolute Gasteiger partial charge is 0.255 e. The third-order valence-corrected chi connectivity index (χ3v) is 7.27. The molecule has 1 aromatic heterocycles. The lowest BCUT2D eigenvalue weighted by molar-refractivity contribution is -0.153. The van der Waals surface area contributed by atoms with Crippen LogP contribution in [-0.2, 0) is 22.6 Å². The minimum atomic E-state index is -1.90. The largest absolute Gasteiger partial charge is 0.380 e. The van der Waals surface area contributed by atoms with Gasteiger partial charge in [-0.3, -0.25) is 9.59 Å². The van der Waals surface area contributed by atoms with Gasteiger partial charge in [0.1, 0.15) is 5.82 Å². The summed E-state index contributed by atoms with van der Waals surface area (Å²) in [4.78, 5) is 27.6. The number of amides is 2. The van der Waals surface area contributed by atoms with Crippen LogP contribution in [0.1, 0.15) is 40.5 Å². The van der Waals surface area contributed by atoms with Crippen LogP contribution in [0.5, 0.6) is 0 Å². The lowest BCUT2D eigenvalue weighted by Crippen LogP contribution is -2.50. The van der Waals surface area contributed by atoms with Crippen molar-refractivity contribution in [1.82, 2.24) is 10.2 Å². The van der Waals surface area contributed by atoms with Crippen LogP contribution < -0.4 is 5.32 Å². The predicted octanol–water partition coefficient (Wildman–Crippen LogP) is 3.83. The van der Waals surface area contributed by atoms with Gasteiger partial charge < -0.3 is 20.4 Å². The Hall–Kier alpha value is -2.78. The van der Waals surface area contributed by atoms with E-state index in [0.29, 0.717) is 30.8 Å². The van der Waals surface area contributed by atoms with E-state index in [0.717, 1.165) is 21.6 Å². The second-order valence-electron chi connectivity index (χ2n) is 8.58. The molecule has 2 amide bonds. The molecule has 35 heavy (non-hydrogen) atoms. The van der Waals surface area contributed by atoms with Crippen LogP contribution in [0.15, 0.2) is 60.0 Å². The number of carbonyl (C=O) groups is 2. The number of likely N-dealkylation sites (tertiary alicyclic amines) is 1. The third kappa shape index (κ3) is 6.27. The number of benzene rings is 2. The van der Waals surface area contributed by atoms with E-state index in [4.69, 9.17) is 11.6 Å². The number of nitrogens with zero attached hydrogens (tertiary/aromatic N) is 1. The van der Waals surface area contributed by atoms with E-state index in [1.165, 1.54) is 28.4 Å². The first-order valence-electron chi connectivity index (χ1n) is 11.3. The number of rotatable bonds is 8. The van der Waals surface area contributed by atoms with Crippen molar-refractivity contribution in [3.8, 4) is 0 Å². The van der Waals surface area contributed by atoms with Crippen molar-refractivity contribution in [2.75, 3.05) is 6.54 Å². The van der Waals surface area contributed by atoms with Crippen LogP contribution in [0.4, 0.5) is 4.39 Å². The first-order valence-corrected chi connectivity index (χ1v) is 12.6. The van der Waals surface area contributed by atoms with Gasteiger partial charge in [-0.15, -0.1) is 11.3 Å². The Morgan fingerprint density at radius 1 is 1.11 bits per heavy atom. The standard InChI is InChI=1S/C26H26ClFN2O4S/c27-19-4-1-3-16(12-19)11-17-13-21(35-15-17)14-29-25(33)23(31)24(32)26(34)30-10-2-5-22(30)18-6-8-20(28)9-7-18/h1,3-4,6-9,12-13,15,22-24,31-32H,2,5,10-11,14H2,(H,29,33)/t22?,23?,24-/m1/s1. The van der Waals surface area contributed by atoms with Crippen LogP contribution in [0.25, 0.3) is 0 Å². The number of aliphatic hydroxyl groups excluding tert-OH is 2. The molecule has 0 radical (unpaired) electrons. The normalized spacial score (nSPS) is 17.3. The molecule has 3 aromatic rings. The van der Waals surface area contributed by atoms with Crippen molar-refractivity contribution in [2.45, 2.75) is 44.1 Å². The van der Waals surface area contributed by atoms with Crippen LogP contribution in [0, 0.1) is 5.82 Å².